The zero-order chi connectivity index (χ0) is 20.5. The van der Waals surface area contributed by atoms with Crippen LogP contribution in [0.5, 0.6) is 0 Å². The van der Waals surface area contributed by atoms with E-state index in [1.165, 1.54) is 0 Å². The molecule has 7 heteroatoms. The maximum atomic E-state index is 13.9. The molecule has 2 fully saturated rings. The monoisotopic (exact) mass is 395 g/mol. The van der Waals surface area contributed by atoms with E-state index < -0.39 is 12.3 Å². The fraction of sp³-hybridized carbons (Fsp3) is 0.455. The predicted octanol–water partition coefficient (Wildman–Crippen LogP) is 3.82. The normalized spacial score (nSPS) is 31.9. The van der Waals surface area contributed by atoms with E-state index in [1.807, 2.05) is 24.3 Å². The van der Waals surface area contributed by atoms with Crippen LogP contribution in [0.25, 0.3) is 10.5 Å². The van der Waals surface area contributed by atoms with Gasteiger partial charge in [0.25, 0.3) is 6.43 Å². The van der Waals surface area contributed by atoms with Gasteiger partial charge in [-0.25, -0.2) is 13.6 Å². The second-order valence-electron chi connectivity index (χ2n) is 8.00. The zero-order valence-electron chi connectivity index (χ0n) is 16.1. The van der Waals surface area contributed by atoms with E-state index in [9.17, 15) is 14.0 Å². The second-order valence-corrected chi connectivity index (χ2v) is 8.00. The summed E-state index contributed by atoms with van der Waals surface area (Å²) in [4.78, 5) is 3.76. The van der Waals surface area contributed by atoms with Crippen molar-refractivity contribution in [2.45, 2.75) is 44.7 Å². The standard InChI is InChI=1S/C22H23F2N5/c1-12-15-10-14(8-9-17(15)29-28-12)18-16(11-25)20(22(23)24)27-19(21(18)26-2)13-6-4-3-5-7-13/h3-7,12,14-15,17-18,22,27-29H,8-10H2,1H3. The van der Waals surface area contributed by atoms with Gasteiger partial charge in [-0.15, -0.1) is 0 Å². The van der Waals surface area contributed by atoms with E-state index in [0.717, 1.165) is 19.3 Å². The molecule has 2 heterocycles. The first-order chi connectivity index (χ1) is 14.0. The van der Waals surface area contributed by atoms with Crippen LogP contribution in [0.3, 0.4) is 0 Å². The number of rotatable bonds is 3. The smallest absolute Gasteiger partial charge is 0.279 e. The number of fused-ring (bicyclic) bond motifs is 1. The van der Waals surface area contributed by atoms with Gasteiger partial charge in [-0.2, -0.15) is 5.26 Å². The number of benzene rings is 1. The third-order valence-corrected chi connectivity index (χ3v) is 6.48. The maximum Gasteiger partial charge on any atom is 0.279 e. The highest BCUT2D eigenvalue weighted by Crippen LogP contribution is 2.47. The minimum absolute atomic E-state index is 0.0145. The maximum absolute atomic E-state index is 13.9. The Morgan fingerprint density at radius 1 is 1.21 bits per heavy atom. The van der Waals surface area contributed by atoms with E-state index in [2.05, 4.69) is 27.9 Å². The molecule has 1 saturated heterocycles. The first-order valence-corrected chi connectivity index (χ1v) is 9.92. The number of hydrazine groups is 1. The van der Waals surface area contributed by atoms with Gasteiger partial charge in [0.15, 0.2) is 5.70 Å². The largest absolute Gasteiger partial charge is 0.362 e. The van der Waals surface area contributed by atoms with Crippen molar-refractivity contribution in [3.05, 3.63) is 64.3 Å². The molecule has 3 aliphatic rings. The molecular formula is C22H23F2N5. The Labute approximate surface area is 169 Å². The fourth-order valence-corrected chi connectivity index (χ4v) is 5.06. The summed E-state index contributed by atoms with van der Waals surface area (Å²) < 4.78 is 27.8. The van der Waals surface area contributed by atoms with Gasteiger partial charge in [-0.3, -0.25) is 10.9 Å². The molecule has 2 aliphatic heterocycles. The molecule has 3 N–H and O–H groups in total. The summed E-state index contributed by atoms with van der Waals surface area (Å²) in [5, 5.41) is 12.5. The second kappa shape index (κ2) is 7.94. The minimum Gasteiger partial charge on any atom is -0.362 e. The molecule has 1 saturated carbocycles. The van der Waals surface area contributed by atoms with E-state index in [1.54, 1.807) is 12.1 Å². The summed E-state index contributed by atoms with van der Waals surface area (Å²) >= 11 is 0. The molecule has 5 atom stereocenters. The van der Waals surface area contributed by atoms with Crippen molar-refractivity contribution in [1.29, 1.82) is 5.26 Å². The van der Waals surface area contributed by atoms with Gasteiger partial charge in [0.2, 0.25) is 0 Å². The number of dihydropyridines is 1. The summed E-state index contributed by atoms with van der Waals surface area (Å²) in [6.45, 7) is 9.94. The van der Waals surface area contributed by atoms with E-state index in [0.29, 0.717) is 28.9 Å². The number of nitriles is 1. The molecule has 1 aromatic rings. The third kappa shape index (κ3) is 3.42. The van der Waals surface area contributed by atoms with Gasteiger partial charge in [-0.1, -0.05) is 30.3 Å². The predicted molar refractivity (Wildman–Crippen MR) is 106 cm³/mol. The Balaban J connectivity index is 1.80. The van der Waals surface area contributed by atoms with Crippen LogP contribution in [0.2, 0.25) is 0 Å². The van der Waals surface area contributed by atoms with Crippen molar-refractivity contribution in [3.63, 3.8) is 0 Å². The summed E-state index contributed by atoms with van der Waals surface area (Å²) in [5.74, 6) is -0.272. The van der Waals surface area contributed by atoms with E-state index in [4.69, 9.17) is 6.57 Å². The number of hydrogen-bond donors (Lipinski definition) is 3. The van der Waals surface area contributed by atoms with Crippen LogP contribution in [0.1, 0.15) is 31.7 Å². The number of hydrogen-bond acceptors (Lipinski definition) is 4. The van der Waals surface area contributed by atoms with Crippen molar-refractivity contribution in [2.75, 3.05) is 0 Å². The van der Waals surface area contributed by atoms with Crippen molar-refractivity contribution in [1.82, 2.24) is 16.2 Å². The quantitative estimate of drug-likeness (QED) is 0.681. The van der Waals surface area contributed by atoms with Crippen LogP contribution in [-0.4, -0.2) is 18.5 Å². The van der Waals surface area contributed by atoms with Crippen LogP contribution in [-0.2, 0) is 0 Å². The average molecular weight is 395 g/mol. The molecule has 1 aliphatic carbocycles. The molecule has 4 rings (SSSR count). The van der Waals surface area contributed by atoms with Gasteiger partial charge in [0, 0.05) is 23.7 Å². The molecule has 150 valence electrons. The average Bonchev–Trinajstić information content (AvgIpc) is 3.12. The topological polar surface area (TPSA) is 64.2 Å². The van der Waals surface area contributed by atoms with Crippen LogP contribution in [0.15, 0.2) is 47.3 Å². The zero-order valence-corrected chi connectivity index (χ0v) is 16.1. The number of allylic oxidation sites excluding steroid dienone is 2. The van der Waals surface area contributed by atoms with Crippen LogP contribution >= 0.6 is 0 Å². The van der Waals surface area contributed by atoms with Gasteiger partial charge >= 0.3 is 0 Å². The van der Waals surface area contributed by atoms with Crippen molar-refractivity contribution < 1.29 is 8.78 Å². The lowest BCUT2D eigenvalue weighted by Crippen LogP contribution is -2.39. The molecule has 0 amide bonds. The summed E-state index contributed by atoms with van der Waals surface area (Å²) in [6, 6.07) is 11.7. The Morgan fingerprint density at radius 3 is 2.62 bits per heavy atom. The van der Waals surface area contributed by atoms with Gasteiger partial charge in [0.1, 0.15) is 0 Å². The van der Waals surface area contributed by atoms with Crippen molar-refractivity contribution in [3.8, 4) is 6.07 Å². The minimum atomic E-state index is -2.80. The lowest BCUT2D eigenvalue weighted by atomic mass is 9.67. The SMILES string of the molecule is [C-]#[N+]C1=C(c2ccccc2)NC(C(F)F)=C(C#N)C1C1CCC2NNC(C)C2C1. The highest BCUT2D eigenvalue weighted by atomic mass is 19.3. The summed E-state index contributed by atoms with van der Waals surface area (Å²) in [7, 11) is 0. The van der Waals surface area contributed by atoms with Crippen LogP contribution < -0.4 is 16.2 Å². The van der Waals surface area contributed by atoms with Gasteiger partial charge in [-0.05, 0) is 43.6 Å². The molecule has 1 aromatic carbocycles. The number of halogens is 2. The van der Waals surface area contributed by atoms with Crippen molar-refractivity contribution in [2.24, 2.45) is 17.8 Å². The molecule has 5 unspecified atom stereocenters. The highest BCUT2D eigenvalue weighted by Gasteiger charge is 2.45. The summed E-state index contributed by atoms with van der Waals surface area (Å²) in [6.07, 6.45) is -0.330. The molecule has 0 bridgehead atoms. The Hall–Kier alpha value is -2.74. The lowest BCUT2D eigenvalue weighted by Gasteiger charge is -2.39. The lowest BCUT2D eigenvalue weighted by molar-refractivity contribution is 0.174. The number of alkyl halides is 2. The number of nitrogens with zero attached hydrogens (tertiary/aromatic N) is 2. The molecule has 29 heavy (non-hydrogen) atoms. The molecule has 0 spiro atoms. The van der Waals surface area contributed by atoms with Gasteiger partial charge < -0.3 is 5.32 Å². The molecule has 0 radical (unpaired) electrons. The first kappa shape index (κ1) is 19.6. The molecule has 0 aromatic heterocycles. The molecule has 5 nitrogen and oxygen atoms in total. The Kier molecular flexibility index (Phi) is 5.36. The summed E-state index contributed by atoms with van der Waals surface area (Å²) in [5.41, 5.74) is 7.69. The fourth-order valence-electron chi connectivity index (χ4n) is 5.06. The first-order valence-electron chi connectivity index (χ1n) is 9.92. The van der Waals surface area contributed by atoms with E-state index in [-0.39, 0.29) is 23.2 Å². The van der Waals surface area contributed by atoms with Crippen LogP contribution in [0.4, 0.5) is 8.78 Å². The Bertz CT molecular complexity index is 925. The number of nitrogens with one attached hydrogen (secondary N) is 3. The molecular weight excluding hydrogens is 372 g/mol. The van der Waals surface area contributed by atoms with Crippen molar-refractivity contribution >= 4 is 5.70 Å². The van der Waals surface area contributed by atoms with Gasteiger partial charge in [0.05, 0.1) is 23.9 Å². The Morgan fingerprint density at radius 2 is 1.97 bits per heavy atom. The highest BCUT2D eigenvalue weighted by molar-refractivity contribution is 5.74. The third-order valence-electron chi connectivity index (χ3n) is 6.48. The van der Waals surface area contributed by atoms with Crippen LogP contribution in [0, 0.1) is 35.7 Å². The van der Waals surface area contributed by atoms with E-state index >= 15 is 0 Å².